The predicted molar refractivity (Wildman–Crippen MR) is 45.9 cm³/mol. The second kappa shape index (κ2) is 4.19. The lowest BCUT2D eigenvalue weighted by Gasteiger charge is -2.21. The molecule has 3 nitrogen and oxygen atoms in total. The zero-order valence-corrected chi connectivity index (χ0v) is 8.48. The van der Waals surface area contributed by atoms with E-state index in [2.05, 4.69) is 0 Å². The first-order chi connectivity index (χ1) is 6.14. The molecule has 0 heterocycles. The summed E-state index contributed by atoms with van der Waals surface area (Å²) in [6.07, 6.45) is 0.0219. The van der Waals surface area contributed by atoms with Crippen LogP contribution in [0.3, 0.4) is 0 Å². The van der Waals surface area contributed by atoms with E-state index < -0.39 is 21.4 Å². The van der Waals surface area contributed by atoms with Gasteiger partial charge in [-0.3, -0.25) is 0 Å². The van der Waals surface area contributed by atoms with Gasteiger partial charge in [0.1, 0.15) is 0 Å². The van der Waals surface area contributed by atoms with Gasteiger partial charge in [0.15, 0.2) is 5.25 Å². The fourth-order valence-electron chi connectivity index (χ4n) is 0.657. The minimum Gasteiger partial charge on any atom is -0.212 e. The van der Waals surface area contributed by atoms with E-state index in [0.29, 0.717) is 11.2 Å². The molecule has 0 aromatic carbocycles. The summed E-state index contributed by atoms with van der Waals surface area (Å²) in [5, 5.41) is -2.44. The van der Waals surface area contributed by atoms with Crippen molar-refractivity contribution in [2.45, 2.75) is 18.3 Å². The van der Waals surface area contributed by atoms with Crippen molar-refractivity contribution in [1.82, 2.24) is 4.31 Å². The van der Waals surface area contributed by atoms with E-state index in [1.54, 1.807) is 0 Å². The molecule has 0 amide bonds. The summed E-state index contributed by atoms with van der Waals surface area (Å²) in [7, 11) is -3.38. The lowest BCUT2D eigenvalue weighted by molar-refractivity contribution is -0.127. The van der Waals surface area contributed by atoms with Crippen molar-refractivity contribution >= 4 is 10.0 Å². The van der Waals surface area contributed by atoms with Crippen molar-refractivity contribution in [3.63, 3.8) is 0 Å². The molecule has 0 bridgehead atoms. The third-order valence-corrected chi connectivity index (χ3v) is 3.81. The van der Waals surface area contributed by atoms with Gasteiger partial charge in [-0.15, -0.1) is 6.42 Å². The molecule has 0 aliphatic rings. The summed E-state index contributed by atoms with van der Waals surface area (Å²) in [4.78, 5) is 0. The summed E-state index contributed by atoms with van der Waals surface area (Å²) in [5.41, 5.74) is 0. The largest absolute Gasteiger partial charge is 0.406 e. The molecule has 0 aliphatic carbocycles. The molecule has 0 spiro atoms. The van der Waals surface area contributed by atoms with Crippen LogP contribution in [0.1, 0.15) is 6.92 Å². The Morgan fingerprint density at radius 2 is 1.93 bits per heavy atom. The van der Waals surface area contributed by atoms with Crippen LogP contribution in [0, 0.1) is 12.3 Å². The van der Waals surface area contributed by atoms with Gasteiger partial charge in [0.05, 0.1) is 6.54 Å². The highest BCUT2D eigenvalue weighted by Crippen LogP contribution is 2.26. The van der Waals surface area contributed by atoms with Gasteiger partial charge >= 0.3 is 6.18 Å². The molecule has 0 saturated heterocycles. The van der Waals surface area contributed by atoms with E-state index in [1.165, 1.54) is 0 Å². The van der Waals surface area contributed by atoms with Crippen molar-refractivity contribution in [3.8, 4) is 12.3 Å². The van der Waals surface area contributed by atoms with Crippen molar-refractivity contribution in [2.75, 3.05) is 13.6 Å². The highest BCUT2D eigenvalue weighted by atomic mass is 32.2. The molecular formula is C7H10F3NO2S. The van der Waals surface area contributed by atoms with Crippen LogP contribution in [0.4, 0.5) is 13.2 Å². The van der Waals surface area contributed by atoms with E-state index in [1.807, 2.05) is 5.92 Å². The van der Waals surface area contributed by atoms with Crippen LogP contribution >= 0.6 is 0 Å². The zero-order chi connectivity index (χ0) is 11.6. The number of hydrogen-bond acceptors (Lipinski definition) is 2. The molecule has 0 fully saturated rings. The SMILES string of the molecule is C#CCN(C)S(=O)(=O)C(C)C(F)(F)F. The lowest BCUT2D eigenvalue weighted by Crippen LogP contribution is -2.42. The van der Waals surface area contributed by atoms with E-state index in [9.17, 15) is 21.6 Å². The first kappa shape index (κ1) is 13.3. The van der Waals surface area contributed by atoms with Gasteiger partial charge in [0.25, 0.3) is 0 Å². The zero-order valence-electron chi connectivity index (χ0n) is 7.67. The topological polar surface area (TPSA) is 37.4 Å². The summed E-state index contributed by atoms with van der Waals surface area (Å²) in [6, 6.07) is 0. The van der Waals surface area contributed by atoms with Gasteiger partial charge in [0, 0.05) is 7.05 Å². The Hall–Kier alpha value is -0.740. The molecule has 7 heteroatoms. The van der Waals surface area contributed by atoms with E-state index in [-0.39, 0.29) is 6.54 Å². The minimum atomic E-state index is -4.78. The predicted octanol–water partition coefficient (Wildman–Crippen LogP) is 0.832. The molecule has 0 saturated carbocycles. The smallest absolute Gasteiger partial charge is 0.212 e. The highest BCUT2D eigenvalue weighted by Gasteiger charge is 2.46. The normalized spacial score (nSPS) is 15.2. The Morgan fingerprint density at radius 1 is 1.50 bits per heavy atom. The standard InChI is InChI=1S/C7H10F3NO2S/c1-4-5-11(3)14(12,13)6(2)7(8,9)10/h1,6H,5H2,2-3H3. The highest BCUT2D eigenvalue weighted by molar-refractivity contribution is 7.89. The molecule has 0 N–H and O–H groups in total. The van der Waals surface area contributed by atoms with Gasteiger partial charge in [-0.2, -0.15) is 17.5 Å². The van der Waals surface area contributed by atoms with Crippen molar-refractivity contribution in [1.29, 1.82) is 0 Å². The second-order valence-electron chi connectivity index (χ2n) is 2.69. The molecule has 0 radical (unpaired) electrons. The maximum Gasteiger partial charge on any atom is 0.406 e. The van der Waals surface area contributed by atoms with Crippen LogP contribution in [0.25, 0.3) is 0 Å². The van der Waals surface area contributed by atoms with E-state index in [0.717, 1.165) is 7.05 Å². The first-order valence-corrected chi connectivity index (χ1v) is 5.09. The summed E-state index contributed by atoms with van der Waals surface area (Å²) in [6.45, 7) is 0.213. The minimum absolute atomic E-state index is 0.372. The van der Waals surface area contributed by atoms with Crippen LogP contribution in [-0.4, -0.2) is 37.7 Å². The molecule has 14 heavy (non-hydrogen) atoms. The van der Waals surface area contributed by atoms with Crippen LogP contribution in [-0.2, 0) is 10.0 Å². The van der Waals surface area contributed by atoms with Crippen LogP contribution in [0.15, 0.2) is 0 Å². The number of sulfonamides is 1. The van der Waals surface area contributed by atoms with E-state index in [4.69, 9.17) is 6.42 Å². The number of alkyl halides is 3. The monoisotopic (exact) mass is 229 g/mol. The Labute approximate surface area is 80.9 Å². The number of terminal acetylenes is 1. The van der Waals surface area contributed by atoms with Gasteiger partial charge in [-0.05, 0) is 6.92 Å². The second-order valence-corrected chi connectivity index (χ2v) is 5.05. The molecule has 1 atom stereocenters. The third-order valence-electron chi connectivity index (χ3n) is 1.66. The van der Waals surface area contributed by atoms with Crippen LogP contribution in [0.2, 0.25) is 0 Å². The van der Waals surface area contributed by atoms with Crippen LogP contribution < -0.4 is 0 Å². The van der Waals surface area contributed by atoms with Crippen molar-refractivity contribution in [3.05, 3.63) is 0 Å². The maximum absolute atomic E-state index is 12.1. The number of nitrogens with zero attached hydrogens (tertiary/aromatic N) is 1. The van der Waals surface area contributed by atoms with Gasteiger partial charge in [-0.1, -0.05) is 5.92 Å². The summed E-state index contributed by atoms with van der Waals surface area (Å²) >= 11 is 0. The molecule has 82 valence electrons. The average molecular weight is 229 g/mol. The van der Waals surface area contributed by atoms with Gasteiger partial charge in [0.2, 0.25) is 10.0 Å². The molecule has 0 aromatic rings. The number of halogens is 3. The van der Waals surface area contributed by atoms with Crippen LogP contribution in [0.5, 0.6) is 0 Å². The Morgan fingerprint density at radius 3 is 2.21 bits per heavy atom. The van der Waals surface area contributed by atoms with Crippen molar-refractivity contribution < 1.29 is 21.6 Å². The van der Waals surface area contributed by atoms with Gasteiger partial charge in [-0.25, -0.2) is 8.42 Å². The number of rotatable bonds is 3. The fourth-order valence-corrected chi connectivity index (χ4v) is 1.79. The first-order valence-electron chi connectivity index (χ1n) is 3.59. The summed E-state index contributed by atoms with van der Waals surface area (Å²) in [5.74, 6) is 1.96. The molecule has 0 aliphatic heterocycles. The Balaban J connectivity index is 4.91. The lowest BCUT2D eigenvalue weighted by atomic mass is 10.5. The molecule has 1 unspecified atom stereocenters. The third kappa shape index (κ3) is 2.89. The van der Waals surface area contributed by atoms with Crippen molar-refractivity contribution in [2.24, 2.45) is 0 Å². The molecule has 0 aromatic heterocycles. The van der Waals surface area contributed by atoms with Gasteiger partial charge < -0.3 is 0 Å². The fraction of sp³-hybridized carbons (Fsp3) is 0.714. The Kier molecular flexibility index (Phi) is 3.97. The van der Waals surface area contributed by atoms with E-state index >= 15 is 0 Å². The quantitative estimate of drug-likeness (QED) is 0.672. The molecule has 0 rings (SSSR count). The Bertz CT molecular complexity index is 328. The summed E-state index contributed by atoms with van der Waals surface area (Å²) < 4.78 is 59.1. The maximum atomic E-state index is 12.1. The molecular weight excluding hydrogens is 219 g/mol. The number of hydrogen-bond donors (Lipinski definition) is 0. The average Bonchev–Trinajstić information content (AvgIpc) is 2.01.